The maximum Gasteiger partial charge on any atom is 0.118 e. The molecule has 2 unspecified atom stereocenters. The third-order valence-electron chi connectivity index (χ3n) is 2.74. The molecule has 1 rings (SSSR count). The van der Waals surface area contributed by atoms with E-state index in [1.807, 2.05) is 30.9 Å². The molecule has 0 saturated heterocycles. The highest BCUT2D eigenvalue weighted by Gasteiger charge is 2.18. The van der Waals surface area contributed by atoms with Gasteiger partial charge in [0.25, 0.3) is 0 Å². The molecule has 0 fully saturated rings. The molecule has 0 saturated carbocycles. The Balaban J connectivity index is 2.77. The van der Waals surface area contributed by atoms with E-state index in [-0.39, 0.29) is 0 Å². The van der Waals surface area contributed by atoms with Gasteiger partial charge in [-0.1, -0.05) is 32.9 Å². The van der Waals surface area contributed by atoms with Gasteiger partial charge in [0.05, 0.1) is 7.11 Å². The Morgan fingerprint density at radius 1 is 1.12 bits per heavy atom. The Morgan fingerprint density at radius 3 is 2.12 bits per heavy atom. The van der Waals surface area contributed by atoms with Gasteiger partial charge in [0.2, 0.25) is 0 Å². The lowest BCUT2D eigenvalue weighted by Gasteiger charge is -2.25. The molecule has 0 aliphatic carbocycles. The Labute approximate surface area is 109 Å². The summed E-state index contributed by atoms with van der Waals surface area (Å²) >= 11 is 2.00. The monoisotopic (exact) mass is 253 g/mol. The smallest absolute Gasteiger partial charge is 0.118 e. The molecule has 3 heteroatoms. The van der Waals surface area contributed by atoms with Crippen molar-refractivity contribution in [1.29, 1.82) is 0 Å². The van der Waals surface area contributed by atoms with Gasteiger partial charge in [-0.05, 0) is 30.0 Å². The quantitative estimate of drug-likeness (QED) is 0.838. The first kappa shape index (κ1) is 14.4. The van der Waals surface area contributed by atoms with Gasteiger partial charge in [0.1, 0.15) is 5.75 Å². The van der Waals surface area contributed by atoms with Gasteiger partial charge in [-0.25, -0.2) is 0 Å². The fraction of sp³-hybridized carbons (Fsp3) is 0.571. The minimum absolute atomic E-state index is 0.383. The maximum atomic E-state index is 5.18. The second-order valence-corrected chi connectivity index (χ2v) is 6.39. The van der Waals surface area contributed by atoms with Crippen molar-refractivity contribution in [1.82, 2.24) is 5.32 Å². The molecule has 2 atom stereocenters. The summed E-state index contributed by atoms with van der Waals surface area (Å²) in [7, 11) is 3.72. The van der Waals surface area contributed by atoms with Crippen LogP contribution in [0.1, 0.15) is 32.4 Å². The third-order valence-corrected chi connectivity index (χ3v) is 3.99. The zero-order chi connectivity index (χ0) is 12.8. The summed E-state index contributed by atoms with van der Waals surface area (Å²) in [5.74, 6) is 0.910. The zero-order valence-electron chi connectivity index (χ0n) is 11.4. The van der Waals surface area contributed by atoms with Crippen molar-refractivity contribution >= 4 is 11.8 Å². The molecule has 0 spiro atoms. The van der Waals surface area contributed by atoms with Crippen LogP contribution in [-0.2, 0) is 0 Å². The van der Waals surface area contributed by atoms with Crippen LogP contribution in [0, 0.1) is 0 Å². The van der Waals surface area contributed by atoms with Gasteiger partial charge in [0.15, 0.2) is 0 Å². The van der Waals surface area contributed by atoms with E-state index in [0.29, 0.717) is 16.5 Å². The fourth-order valence-electron chi connectivity index (χ4n) is 1.99. The molecule has 96 valence electrons. The molecule has 0 heterocycles. The van der Waals surface area contributed by atoms with Crippen molar-refractivity contribution in [2.75, 3.05) is 14.2 Å². The van der Waals surface area contributed by atoms with Crippen LogP contribution in [0.15, 0.2) is 24.3 Å². The van der Waals surface area contributed by atoms with E-state index in [4.69, 9.17) is 4.74 Å². The van der Waals surface area contributed by atoms with Crippen molar-refractivity contribution in [3.05, 3.63) is 29.8 Å². The fourth-order valence-corrected chi connectivity index (χ4v) is 3.30. The van der Waals surface area contributed by atoms with Crippen molar-refractivity contribution < 1.29 is 4.74 Å². The maximum absolute atomic E-state index is 5.18. The Kier molecular flexibility index (Phi) is 5.86. The minimum Gasteiger partial charge on any atom is -0.497 e. The molecule has 0 bridgehead atoms. The van der Waals surface area contributed by atoms with Crippen molar-refractivity contribution in [3.63, 3.8) is 0 Å². The topological polar surface area (TPSA) is 21.3 Å². The summed E-state index contributed by atoms with van der Waals surface area (Å²) in [6, 6.07) is 8.70. The minimum atomic E-state index is 0.383. The van der Waals surface area contributed by atoms with Crippen LogP contribution >= 0.6 is 11.8 Å². The van der Waals surface area contributed by atoms with E-state index in [9.17, 15) is 0 Å². The number of methoxy groups -OCH3 is 1. The number of nitrogens with one attached hydrogen (secondary N) is 1. The lowest BCUT2D eigenvalue weighted by Crippen LogP contribution is -2.26. The Morgan fingerprint density at radius 2 is 1.71 bits per heavy atom. The molecule has 0 aromatic heterocycles. The molecule has 1 aromatic rings. The van der Waals surface area contributed by atoms with E-state index in [1.165, 1.54) is 5.56 Å². The summed E-state index contributed by atoms with van der Waals surface area (Å²) in [6.45, 7) is 6.75. The highest BCUT2D eigenvalue weighted by Crippen LogP contribution is 2.29. The second-order valence-electron chi connectivity index (χ2n) is 4.43. The van der Waals surface area contributed by atoms with Crippen LogP contribution in [0.25, 0.3) is 0 Å². The molecule has 2 nitrogen and oxygen atoms in total. The average molecular weight is 253 g/mol. The molecule has 0 aliphatic rings. The summed E-state index contributed by atoms with van der Waals surface area (Å²) in [4.78, 5) is 0. The summed E-state index contributed by atoms with van der Waals surface area (Å²) < 4.78 is 5.18. The molecule has 1 N–H and O–H groups in total. The number of rotatable bonds is 6. The molecule has 0 amide bonds. The SMILES string of the molecule is CNC(c1ccc(OC)cc1)C(C)SC(C)C. The second kappa shape index (κ2) is 6.92. The first-order valence-corrected chi connectivity index (χ1v) is 6.99. The van der Waals surface area contributed by atoms with Gasteiger partial charge in [-0.3, -0.25) is 0 Å². The van der Waals surface area contributed by atoms with Crippen molar-refractivity contribution in [2.45, 2.75) is 37.3 Å². The normalized spacial score (nSPS) is 14.7. The van der Waals surface area contributed by atoms with Crippen molar-refractivity contribution in [3.8, 4) is 5.75 Å². The summed E-state index contributed by atoms with van der Waals surface area (Å²) in [6.07, 6.45) is 0. The zero-order valence-corrected chi connectivity index (χ0v) is 12.2. The van der Waals surface area contributed by atoms with E-state index < -0.39 is 0 Å². The Hall–Kier alpha value is -0.670. The number of hydrogen-bond donors (Lipinski definition) is 1. The predicted molar refractivity (Wildman–Crippen MR) is 77.0 cm³/mol. The van der Waals surface area contributed by atoms with Crippen molar-refractivity contribution in [2.24, 2.45) is 0 Å². The van der Waals surface area contributed by atoms with Gasteiger partial charge >= 0.3 is 0 Å². The van der Waals surface area contributed by atoms with E-state index in [0.717, 1.165) is 5.75 Å². The van der Waals surface area contributed by atoms with Gasteiger partial charge in [-0.2, -0.15) is 11.8 Å². The number of thioether (sulfide) groups is 1. The first-order chi connectivity index (χ1) is 8.08. The summed E-state index contributed by atoms with van der Waals surface area (Å²) in [5.41, 5.74) is 1.31. The van der Waals surface area contributed by atoms with Crippen LogP contribution in [0.2, 0.25) is 0 Å². The molecule has 0 radical (unpaired) electrons. The number of benzene rings is 1. The first-order valence-electron chi connectivity index (χ1n) is 6.05. The summed E-state index contributed by atoms with van der Waals surface area (Å²) in [5, 5.41) is 4.60. The van der Waals surface area contributed by atoms with Crippen LogP contribution < -0.4 is 10.1 Å². The van der Waals surface area contributed by atoms with E-state index >= 15 is 0 Å². The molecule has 17 heavy (non-hydrogen) atoms. The van der Waals surface area contributed by atoms with Crippen LogP contribution in [0.5, 0.6) is 5.75 Å². The van der Waals surface area contributed by atoms with Gasteiger partial charge in [-0.15, -0.1) is 0 Å². The molecule has 0 aliphatic heterocycles. The third kappa shape index (κ3) is 4.25. The van der Waals surface area contributed by atoms with Crippen LogP contribution in [0.3, 0.4) is 0 Å². The highest BCUT2D eigenvalue weighted by molar-refractivity contribution is 8.00. The van der Waals surface area contributed by atoms with Gasteiger partial charge < -0.3 is 10.1 Å². The van der Waals surface area contributed by atoms with E-state index in [2.05, 4.69) is 38.2 Å². The molecular weight excluding hydrogens is 230 g/mol. The predicted octanol–water partition coefficient (Wildman–Crippen LogP) is 3.49. The Bertz CT molecular complexity index is 323. The van der Waals surface area contributed by atoms with Gasteiger partial charge in [0, 0.05) is 11.3 Å². The lowest BCUT2D eigenvalue weighted by atomic mass is 10.0. The largest absolute Gasteiger partial charge is 0.497 e. The van der Waals surface area contributed by atoms with E-state index in [1.54, 1.807) is 7.11 Å². The number of ether oxygens (including phenoxy) is 1. The molecule has 1 aromatic carbocycles. The van der Waals surface area contributed by atoms with Crippen LogP contribution in [0.4, 0.5) is 0 Å². The molecular formula is C14H23NOS. The van der Waals surface area contributed by atoms with Crippen LogP contribution in [-0.4, -0.2) is 24.7 Å². The number of hydrogen-bond acceptors (Lipinski definition) is 3. The average Bonchev–Trinajstić information content (AvgIpc) is 2.30. The lowest BCUT2D eigenvalue weighted by molar-refractivity contribution is 0.414. The standard InChI is InChI=1S/C14H23NOS/c1-10(2)17-11(3)14(15-4)12-6-8-13(16-5)9-7-12/h6-11,14-15H,1-5H3. The highest BCUT2D eigenvalue weighted by atomic mass is 32.2.